The van der Waals surface area contributed by atoms with E-state index in [1.807, 2.05) is 0 Å². The van der Waals surface area contributed by atoms with Gasteiger partial charge >= 0.3 is 123 Å². The summed E-state index contributed by atoms with van der Waals surface area (Å²) in [6.45, 7) is 0. The molecule has 0 aliphatic carbocycles. The molecule has 0 nitrogen and oxygen atoms in total. The van der Waals surface area contributed by atoms with E-state index < -0.39 is 0 Å². The van der Waals surface area contributed by atoms with E-state index in [0.29, 0.717) is 0 Å². The van der Waals surface area contributed by atoms with Crippen LogP contribution in [-0.4, -0.2) is 123 Å². The van der Waals surface area contributed by atoms with Crippen LogP contribution in [0.5, 0.6) is 0 Å². The van der Waals surface area contributed by atoms with Gasteiger partial charge in [-0.2, -0.15) is 0 Å². The first-order valence-electron chi connectivity index (χ1n) is 0. The van der Waals surface area contributed by atoms with Crippen molar-refractivity contribution in [1.29, 1.82) is 0 Å². The van der Waals surface area contributed by atoms with E-state index in [0.717, 1.165) is 0 Å². The molecule has 0 N–H and O–H groups in total. The van der Waals surface area contributed by atoms with Gasteiger partial charge in [0, 0.05) is 0 Å². The second-order valence-electron chi connectivity index (χ2n) is 0. The number of hydrogen-bond donors (Lipinski definition) is 0. The molecule has 0 aromatic rings. The molecule has 0 unspecified atom stereocenters. The summed E-state index contributed by atoms with van der Waals surface area (Å²) in [5.74, 6) is 0. The SMILES string of the molecule is [GeH2].[GeH2].[GeH2].[GeH2].[GeH2].[GeH2].[GeH2]. The van der Waals surface area contributed by atoms with Crippen LogP contribution in [0.15, 0.2) is 0 Å². The summed E-state index contributed by atoms with van der Waals surface area (Å²) in [7, 11) is 0. The van der Waals surface area contributed by atoms with Crippen molar-refractivity contribution in [2.75, 3.05) is 0 Å². The van der Waals surface area contributed by atoms with Crippen LogP contribution in [0.2, 0.25) is 0 Å². The van der Waals surface area contributed by atoms with Crippen LogP contribution in [0.1, 0.15) is 0 Å². The Bertz CT molecular complexity index is 0. The molecule has 0 saturated heterocycles. The molecule has 0 amide bonds. The second-order valence-corrected chi connectivity index (χ2v) is 0. The fraction of sp³-hybridized carbons (Fsp3) is 0. The summed E-state index contributed by atoms with van der Waals surface area (Å²) in [5.41, 5.74) is 0. The van der Waals surface area contributed by atoms with E-state index in [9.17, 15) is 0 Å². The molecule has 0 aliphatic heterocycles. The zero-order valence-electron chi connectivity index (χ0n) is 4.95. The molecule has 0 bridgehead atoms. The van der Waals surface area contributed by atoms with Crippen molar-refractivity contribution < 1.29 is 0 Å². The first kappa shape index (κ1) is 71.8. The molecule has 0 spiro atoms. The Morgan fingerprint density at radius 3 is 0.143 bits per heavy atom. The second kappa shape index (κ2) is 52.6. The van der Waals surface area contributed by atoms with Crippen molar-refractivity contribution in [2.45, 2.75) is 0 Å². The number of hydrogen-bond acceptors (Lipinski definition) is 0. The number of rotatable bonds is 0. The maximum absolute atomic E-state index is 0. The van der Waals surface area contributed by atoms with Crippen LogP contribution in [0.4, 0.5) is 0 Å². The van der Waals surface area contributed by atoms with Crippen LogP contribution in [-0.2, 0) is 0 Å². The molecule has 14 radical (unpaired) electrons. The van der Waals surface area contributed by atoms with Gasteiger partial charge in [0.15, 0.2) is 0 Å². The van der Waals surface area contributed by atoms with Gasteiger partial charge in [-0.3, -0.25) is 0 Å². The molecular formula is H14Ge7. The molecule has 0 heterocycles. The van der Waals surface area contributed by atoms with Gasteiger partial charge in [0.25, 0.3) is 0 Å². The molecule has 0 aromatic heterocycles. The van der Waals surface area contributed by atoms with Crippen molar-refractivity contribution in [3.8, 4) is 0 Å². The standard InChI is InChI=1S/7GeH2/h7*1H2. The summed E-state index contributed by atoms with van der Waals surface area (Å²) < 4.78 is 0. The maximum atomic E-state index is 0. The third-order valence-electron chi connectivity index (χ3n) is 0. The van der Waals surface area contributed by atoms with E-state index in [1.165, 1.54) is 0 Å². The Kier molecular flexibility index (Phi) is 539. The monoisotopic (exact) mass is 532 g/mol. The van der Waals surface area contributed by atoms with Crippen molar-refractivity contribution in [1.82, 2.24) is 0 Å². The first-order chi connectivity index (χ1) is 0. The zero-order valence-corrected chi connectivity index (χ0v) is 25.7. The van der Waals surface area contributed by atoms with Gasteiger partial charge in [0.2, 0.25) is 0 Å². The van der Waals surface area contributed by atoms with Crippen LogP contribution < -0.4 is 0 Å². The van der Waals surface area contributed by atoms with E-state index >= 15 is 0 Å². The minimum atomic E-state index is 0. The molecule has 0 saturated carbocycles. The predicted molar refractivity (Wildman–Crippen MR) is 59.8 cm³/mol. The first-order valence-corrected chi connectivity index (χ1v) is 0. The zero-order chi connectivity index (χ0) is 0. The van der Waals surface area contributed by atoms with Gasteiger partial charge in [0.05, 0.1) is 0 Å². The average molecular weight is 522 g/mol. The van der Waals surface area contributed by atoms with E-state index in [1.54, 1.807) is 0 Å². The van der Waals surface area contributed by atoms with Crippen molar-refractivity contribution >= 4 is 123 Å². The summed E-state index contributed by atoms with van der Waals surface area (Å²) in [6.07, 6.45) is 0. The van der Waals surface area contributed by atoms with Gasteiger partial charge in [-0.25, -0.2) is 0 Å². The van der Waals surface area contributed by atoms with Crippen LogP contribution in [0.25, 0.3) is 0 Å². The van der Waals surface area contributed by atoms with E-state index in [4.69, 9.17) is 0 Å². The topological polar surface area (TPSA) is 0 Å². The summed E-state index contributed by atoms with van der Waals surface area (Å²) in [4.78, 5) is 0. The predicted octanol–water partition coefficient (Wildman–Crippen LogP) is -6.41. The Labute approximate surface area is 121 Å². The Balaban J connectivity index is 0. The molecule has 0 aromatic carbocycles. The Morgan fingerprint density at radius 1 is 0.143 bits per heavy atom. The fourth-order valence-electron chi connectivity index (χ4n) is 0. The molecule has 0 aliphatic rings. The summed E-state index contributed by atoms with van der Waals surface area (Å²) in [6, 6.07) is 0. The fourth-order valence-corrected chi connectivity index (χ4v) is 0. The van der Waals surface area contributed by atoms with Gasteiger partial charge in [-0.05, 0) is 0 Å². The molecule has 7 heteroatoms. The quantitative estimate of drug-likeness (QED) is 0.278. The molecule has 7 heavy (non-hydrogen) atoms. The van der Waals surface area contributed by atoms with E-state index in [2.05, 4.69) is 0 Å². The van der Waals surface area contributed by atoms with Crippen LogP contribution >= 0.6 is 0 Å². The molecule has 0 atom stereocenters. The minimum absolute atomic E-state index is 0. The van der Waals surface area contributed by atoms with Crippen LogP contribution in [0, 0.1) is 0 Å². The van der Waals surface area contributed by atoms with Gasteiger partial charge < -0.3 is 0 Å². The average Bonchev–Trinajstić information content (AvgIpc) is 0. The Hall–Kier alpha value is 3.80. The third kappa shape index (κ3) is 41.3. The third-order valence-corrected chi connectivity index (χ3v) is 0. The summed E-state index contributed by atoms with van der Waals surface area (Å²) >= 11 is 0. The van der Waals surface area contributed by atoms with Crippen molar-refractivity contribution in [3.63, 3.8) is 0 Å². The molecule has 0 fully saturated rings. The van der Waals surface area contributed by atoms with Crippen molar-refractivity contribution in [3.05, 3.63) is 0 Å². The molecular weight excluding hydrogens is 508 g/mol. The summed E-state index contributed by atoms with van der Waals surface area (Å²) in [5, 5.41) is 0. The van der Waals surface area contributed by atoms with E-state index in [-0.39, 0.29) is 123 Å². The Morgan fingerprint density at radius 2 is 0.143 bits per heavy atom. The van der Waals surface area contributed by atoms with Gasteiger partial charge in [-0.15, -0.1) is 0 Å². The van der Waals surface area contributed by atoms with Gasteiger partial charge in [0.1, 0.15) is 0 Å². The normalized spacial score (nSPS) is 0. The van der Waals surface area contributed by atoms with Crippen molar-refractivity contribution in [2.24, 2.45) is 0 Å². The van der Waals surface area contributed by atoms with Crippen LogP contribution in [0.3, 0.4) is 0 Å². The molecule has 0 rings (SSSR count). The molecule has 42 valence electrons. The van der Waals surface area contributed by atoms with Gasteiger partial charge in [-0.1, -0.05) is 0 Å².